The van der Waals surface area contributed by atoms with Crippen LogP contribution < -0.4 is 16.0 Å². The van der Waals surface area contributed by atoms with E-state index in [4.69, 9.17) is 10.6 Å². The van der Waals surface area contributed by atoms with Crippen molar-refractivity contribution >= 4 is 43.2 Å². The SMILES string of the molecule is NNc1c(COc2c(Br)cccc2Br)cccc1[N+](=O)[O-]. The molecule has 3 N–H and O–H groups in total. The molecule has 2 aromatic rings. The number of nitrogen functional groups attached to an aromatic ring is 1. The molecule has 0 amide bonds. The molecular weight excluding hydrogens is 406 g/mol. The van der Waals surface area contributed by atoms with E-state index in [2.05, 4.69) is 37.3 Å². The fourth-order valence-corrected chi connectivity index (χ4v) is 3.02. The lowest BCUT2D eigenvalue weighted by atomic mass is 10.1. The van der Waals surface area contributed by atoms with Crippen LogP contribution in [0.4, 0.5) is 11.4 Å². The number of nitrogens with one attached hydrogen (secondary N) is 1. The first-order valence-electron chi connectivity index (χ1n) is 5.84. The highest BCUT2D eigenvalue weighted by atomic mass is 79.9. The zero-order valence-electron chi connectivity index (χ0n) is 10.7. The summed E-state index contributed by atoms with van der Waals surface area (Å²) < 4.78 is 7.28. The summed E-state index contributed by atoms with van der Waals surface area (Å²) in [5.74, 6) is 6.01. The molecule has 110 valence electrons. The summed E-state index contributed by atoms with van der Waals surface area (Å²) in [6.07, 6.45) is 0. The third-order valence-corrected chi connectivity index (χ3v) is 4.01. The van der Waals surface area contributed by atoms with Crippen LogP contribution in [0.2, 0.25) is 0 Å². The van der Waals surface area contributed by atoms with E-state index in [1.807, 2.05) is 18.2 Å². The molecule has 0 unspecified atom stereocenters. The highest BCUT2D eigenvalue weighted by Crippen LogP contribution is 2.35. The number of anilines is 1. The van der Waals surface area contributed by atoms with Crippen LogP contribution in [0.5, 0.6) is 5.75 Å². The fraction of sp³-hybridized carbons (Fsp3) is 0.0769. The third-order valence-electron chi connectivity index (χ3n) is 2.76. The van der Waals surface area contributed by atoms with E-state index < -0.39 is 4.92 Å². The van der Waals surface area contributed by atoms with Gasteiger partial charge in [-0.2, -0.15) is 0 Å². The van der Waals surface area contributed by atoms with Gasteiger partial charge in [-0.25, -0.2) is 0 Å². The number of nitro benzene ring substituents is 1. The molecular formula is C13H11Br2N3O3. The van der Waals surface area contributed by atoms with E-state index in [-0.39, 0.29) is 18.0 Å². The largest absolute Gasteiger partial charge is 0.486 e. The molecule has 0 aliphatic carbocycles. The van der Waals surface area contributed by atoms with Crippen molar-refractivity contribution in [1.82, 2.24) is 0 Å². The number of hydrogen-bond donors (Lipinski definition) is 2. The molecule has 0 aromatic heterocycles. The van der Waals surface area contributed by atoms with E-state index >= 15 is 0 Å². The minimum atomic E-state index is -0.493. The molecule has 0 saturated heterocycles. The van der Waals surface area contributed by atoms with Gasteiger partial charge in [0.15, 0.2) is 0 Å². The summed E-state index contributed by atoms with van der Waals surface area (Å²) in [5.41, 5.74) is 3.11. The first-order chi connectivity index (χ1) is 10.0. The summed E-state index contributed by atoms with van der Waals surface area (Å²) >= 11 is 6.78. The summed E-state index contributed by atoms with van der Waals surface area (Å²) in [6, 6.07) is 10.2. The molecule has 6 nitrogen and oxygen atoms in total. The normalized spacial score (nSPS) is 10.2. The molecule has 21 heavy (non-hydrogen) atoms. The number of nitrogens with zero attached hydrogens (tertiary/aromatic N) is 1. The Balaban J connectivity index is 2.28. The van der Waals surface area contributed by atoms with Gasteiger partial charge in [0.2, 0.25) is 0 Å². The van der Waals surface area contributed by atoms with Crippen LogP contribution in [-0.4, -0.2) is 4.92 Å². The Morgan fingerprint density at radius 1 is 1.19 bits per heavy atom. The van der Waals surface area contributed by atoms with E-state index in [0.29, 0.717) is 11.3 Å². The van der Waals surface area contributed by atoms with Crippen molar-refractivity contribution in [3.63, 3.8) is 0 Å². The van der Waals surface area contributed by atoms with Crippen LogP contribution >= 0.6 is 31.9 Å². The van der Waals surface area contributed by atoms with Crippen molar-refractivity contribution in [2.24, 2.45) is 5.84 Å². The number of para-hydroxylation sites is 2. The van der Waals surface area contributed by atoms with Crippen molar-refractivity contribution in [3.8, 4) is 5.75 Å². The second kappa shape index (κ2) is 6.88. The monoisotopic (exact) mass is 415 g/mol. The van der Waals surface area contributed by atoms with Crippen molar-refractivity contribution in [2.75, 3.05) is 5.43 Å². The Morgan fingerprint density at radius 2 is 1.81 bits per heavy atom. The van der Waals surface area contributed by atoms with Gasteiger partial charge in [-0.15, -0.1) is 0 Å². The van der Waals surface area contributed by atoms with Crippen molar-refractivity contribution in [2.45, 2.75) is 6.61 Å². The molecule has 2 rings (SSSR count). The lowest BCUT2D eigenvalue weighted by molar-refractivity contribution is -0.384. The molecule has 0 bridgehead atoms. The molecule has 2 aromatic carbocycles. The van der Waals surface area contributed by atoms with E-state index in [9.17, 15) is 10.1 Å². The van der Waals surface area contributed by atoms with Gasteiger partial charge in [0.05, 0.1) is 13.9 Å². The second-order valence-corrected chi connectivity index (χ2v) is 5.76. The topological polar surface area (TPSA) is 90.4 Å². The Hall–Kier alpha value is -1.64. The highest BCUT2D eigenvalue weighted by molar-refractivity contribution is 9.11. The van der Waals surface area contributed by atoms with Crippen LogP contribution in [-0.2, 0) is 6.61 Å². The number of hydrazine groups is 1. The van der Waals surface area contributed by atoms with Gasteiger partial charge in [0.25, 0.3) is 5.69 Å². The fourth-order valence-electron chi connectivity index (χ4n) is 1.80. The lowest BCUT2D eigenvalue weighted by Gasteiger charge is -2.13. The maximum atomic E-state index is 11.0. The minimum Gasteiger partial charge on any atom is -0.486 e. The van der Waals surface area contributed by atoms with Gasteiger partial charge in [0, 0.05) is 11.6 Å². The number of rotatable bonds is 5. The van der Waals surface area contributed by atoms with E-state index in [1.54, 1.807) is 12.1 Å². The number of ether oxygens (including phenoxy) is 1. The van der Waals surface area contributed by atoms with Gasteiger partial charge in [0.1, 0.15) is 18.0 Å². The third kappa shape index (κ3) is 3.52. The van der Waals surface area contributed by atoms with Gasteiger partial charge in [-0.05, 0) is 44.0 Å². The zero-order valence-corrected chi connectivity index (χ0v) is 13.8. The van der Waals surface area contributed by atoms with E-state index in [1.165, 1.54) is 6.07 Å². The van der Waals surface area contributed by atoms with Crippen molar-refractivity contribution in [1.29, 1.82) is 0 Å². The van der Waals surface area contributed by atoms with Crippen LogP contribution in [0.15, 0.2) is 45.3 Å². The Bertz CT molecular complexity index is 659. The maximum absolute atomic E-state index is 11.0. The van der Waals surface area contributed by atoms with Gasteiger partial charge >= 0.3 is 0 Å². The lowest BCUT2D eigenvalue weighted by Crippen LogP contribution is -2.12. The number of nitrogens with two attached hydrogens (primary N) is 1. The van der Waals surface area contributed by atoms with Crippen LogP contribution in [0.3, 0.4) is 0 Å². The summed E-state index contributed by atoms with van der Waals surface area (Å²) in [6.45, 7) is 0.141. The molecule has 8 heteroatoms. The number of nitro groups is 1. The smallest absolute Gasteiger partial charge is 0.294 e. The zero-order chi connectivity index (χ0) is 15.4. The first kappa shape index (κ1) is 15.7. The summed E-state index contributed by atoms with van der Waals surface area (Å²) in [4.78, 5) is 10.5. The second-order valence-electron chi connectivity index (χ2n) is 4.05. The maximum Gasteiger partial charge on any atom is 0.294 e. The molecule has 0 spiro atoms. The van der Waals surface area contributed by atoms with Crippen LogP contribution in [0, 0.1) is 10.1 Å². The van der Waals surface area contributed by atoms with Gasteiger partial charge in [-0.3, -0.25) is 16.0 Å². The molecule has 0 aliphatic heterocycles. The van der Waals surface area contributed by atoms with Crippen molar-refractivity contribution < 1.29 is 9.66 Å². The van der Waals surface area contributed by atoms with Crippen molar-refractivity contribution in [3.05, 3.63) is 61.0 Å². The predicted molar refractivity (Wildman–Crippen MR) is 87.1 cm³/mol. The highest BCUT2D eigenvalue weighted by Gasteiger charge is 2.17. The average Bonchev–Trinajstić information content (AvgIpc) is 2.46. The number of benzene rings is 2. The number of hydrogen-bond acceptors (Lipinski definition) is 5. The standard InChI is InChI=1S/C13H11Br2N3O3/c14-9-4-2-5-10(15)13(9)21-7-8-3-1-6-11(18(19)20)12(8)17-16/h1-6,17H,7,16H2. The van der Waals surface area contributed by atoms with Crippen LogP contribution in [0.25, 0.3) is 0 Å². The Morgan fingerprint density at radius 3 is 2.38 bits per heavy atom. The van der Waals surface area contributed by atoms with E-state index in [0.717, 1.165) is 8.95 Å². The Labute approximate surface area is 137 Å². The molecule has 0 fully saturated rings. The van der Waals surface area contributed by atoms with Gasteiger partial charge in [-0.1, -0.05) is 18.2 Å². The molecule has 0 heterocycles. The molecule has 0 atom stereocenters. The van der Waals surface area contributed by atoms with Gasteiger partial charge < -0.3 is 10.2 Å². The first-order valence-corrected chi connectivity index (χ1v) is 7.43. The molecule has 0 aliphatic rings. The number of halogens is 2. The Kier molecular flexibility index (Phi) is 5.16. The molecule has 0 radical (unpaired) electrons. The molecule has 0 saturated carbocycles. The summed E-state index contributed by atoms with van der Waals surface area (Å²) in [7, 11) is 0. The van der Waals surface area contributed by atoms with Crippen LogP contribution in [0.1, 0.15) is 5.56 Å². The predicted octanol–water partition coefficient (Wildman–Crippen LogP) is 3.98. The average molecular weight is 417 g/mol. The quantitative estimate of drug-likeness (QED) is 0.437. The minimum absolute atomic E-state index is 0.0928. The summed E-state index contributed by atoms with van der Waals surface area (Å²) in [5, 5.41) is 11.0.